The third-order valence-electron chi connectivity index (χ3n) is 2.85. The molecule has 1 heterocycles. The van der Waals surface area contributed by atoms with Crippen LogP contribution < -0.4 is 5.73 Å². The molecule has 0 bridgehead atoms. The van der Waals surface area contributed by atoms with Crippen LogP contribution in [0.15, 0.2) is 18.2 Å². The summed E-state index contributed by atoms with van der Waals surface area (Å²) in [5.74, 6) is -2.43. The maximum Gasteiger partial charge on any atom is 0.334 e. The molecule has 19 heavy (non-hydrogen) atoms. The number of halogens is 1. The fourth-order valence-electron chi connectivity index (χ4n) is 1.86. The van der Waals surface area contributed by atoms with Gasteiger partial charge in [-0.05, 0) is 18.2 Å². The van der Waals surface area contributed by atoms with E-state index in [1.807, 2.05) is 0 Å². The Morgan fingerprint density at radius 3 is 2.84 bits per heavy atom. The Hall–Kier alpha value is -2.15. The van der Waals surface area contributed by atoms with Crippen molar-refractivity contribution in [1.29, 1.82) is 0 Å². The molecule has 0 spiro atoms. The maximum atomic E-state index is 13.6. The summed E-state index contributed by atoms with van der Waals surface area (Å²) in [4.78, 5) is 24.2. The minimum Gasteiger partial charge on any atom is -0.479 e. The molecule has 0 radical (unpaired) electrons. The number of ether oxygens (including phenoxy) is 1. The normalized spacial score (nSPS) is 19.2. The van der Waals surface area contributed by atoms with Crippen molar-refractivity contribution >= 4 is 17.6 Å². The zero-order valence-electron chi connectivity index (χ0n) is 10.0. The first-order valence-electron chi connectivity index (χ1n) is 5.67. The largest absolute Gasteiger partial charge is 0.479 e. The minimum absolute atomic E-state index is 0.0992. The number of carboxylic acids is 1. The summed E-state index contributed by atoms with van der Waals surface area (Å²) in [5.41, 5.74) is 5.50. The molecule has 0 aliphatic carbocycles. The topological polar surface area (TPSA) is 92.9 Å². The first-order valence-corrected chi connectivity index (χ1v) is 5.67. The van der Waals surface area contributed by atoms with Gasteiger partial charge < -0.3 is 20.5 Å². The molecule has 1 aliphatic rings. The molecule has 1 saturated heterocycles. The number of carboxylic acid groups (broad SMARTS) is 1. The van der Waals surface area contributed by atoms with Crippen molar-refractivity contribution in [3.63, 3.8) is 0 Å². The van der Waals surface area contributed by atoms with Crippen LogP contribution in [-0.4, -0.2) is 47.7 Å². The van der Waals surface area contributed by atoms with Gasteiger partial charge in [0.2, 0.25) is 0 Å². The molecule has 7 heteroatoms. The standard InChI is InChI=1S/C12H13FN2O4/c13-9-5-7(14)1-2-8(9)11(16)15-3-4-19-10(6-15)12(17)18/h1-2,5,10H,3-4,6,14H2,(H,17,18). The zero-order valence-corrected chi connectivity index (χ0v) is 10.0. The lowest BCUT2D eigenvalue weighted by Gasteiger charge is -2.31. The Morgan fingerprint density at radius 1 is 1.47 bits per heavy atom. The lowest BCUT2D eigenvalue weighted by Crippen LogP contribution is -2.48. The van der Waals surface area contributed by atoms with E-state index in [0.29, 0.717) is 0 Å². The van der Waals surface area contributed by atoms with Gasteiger partial charge in [0.1, 0.15) is 5.82 Å². The molecule has 1 fully saturated rings. The van der Waals surface area contributed by atoms with E-state index < -0.39 is 23.8 Å². The van der Waals surface area contributed by atoms with Crippen LogP contribution in [0, 0.1) is 5.82 Å². The van der Waals surface area contributed by atoms with Crippen LogP contribution in [0.2, 0.25) is 0 Å². The SMILES string of the molecule is Nc1ccc(C(=O)N2CCOC(C(=O)O)C2)c(F)c1. The maximum absolute atomic E-state index is 13.6. The van der Waals surface area contributed by atoms with Crippen molar-refractivity contribution < 1.29 is 23.8 Å². The second-order valence-corrected chi connectivity index (χ2v) is 4.19. The average molecular weight is 268 g/mol. The molecule has 1 aliphatic heterocycles. The lowest BCUT2D eigenvalue weighted by atomic mass is 10.1. The lowest BCUT2D eigenvalue weighted by molar-refractivity contribution is -0.154. The van der Waals surface area contributed by atoms with E-state index in [1.54, 1.807) is 0 Å². The Balaban J connectivity index is 2.17. The highest BCUT2D eigenvalue weighted by Crippen LogP contribution is 2.16. The van der Waals surface area contributed by atoms with Crippen molar-refractivity contribution in [2.24, 2.45) is 0 Å². The Labute approximate surface area is 108 Å². The van der Waals surface area contributed by atoms with Crippen molar-refractivity contribution in [1.82, 2.24) is 4.90 Å². The van der Waals surface area contributed by atoms with Gasteiger partial charge in [0.05, 0.1) is 18.7 Å². The van der Waals surface area contributed by atoms with E-state index >= 15 is 0 Å². The number of hydrogen-bond donors (Lipinski definition) is 2. The number of carbonyl (C=O) groups is 2. The van der Waals surface area contributed by atoms with E-state index in [1.165, 1.54) is 17.0 Å². The number of benzene rings is 1. The van der Waals surface area contributed by atoms with Crippen LogP contribution in [0.5, 0.6) is 0 Å². The summed E-state index contributed by atoms with van der Waals surface area (Å²) in [6.07, 6.45) is -1.07. The van der Waals surface area contributed by atoms with Crippen LogP contribution in [-0.2, 0) is 9.53 Å². The van der Waals surface area contributed by atoms with Crippen molar-refractivity contribution in [2.75, 3.05) is 25.4 Å². The van der Waals surface area contributed by atoms with Crippen molar-refractivity contribution in [3.8, 4) is 0 Å². The van der Waals surface area contributed by atoms with Gasteiger partial charge in [0.15, 0.2) is 6.10 Å². The molecule has 3 N–H and O–H groups in total. The van der Waals surface area contributed by atoms with Crippen LogP contribution in [0.1, 0.15) is 10.4 Å². The van der Waals surface area contributed by atoms with Gasteiger partial charge in [0.25, 0.3) is 5.91 Å². The van der Waals surface area contributed by atoms with E-state index in [9.17, 15) is 14.0 Å². The minimum atomic E-state index is -1.14. The highest BCUT2D eigenvalue weighted by Gasteiger charge is 2.30. The third-order valence-corrected chi connectivity index (χ3v) is 2.85. The van der Waals surface area contributed by atoms with E-state index in [4.69, 9.17) is 15.6 Å². The molecular formula is C12H13FN2O4. The Bertz CT molecular complexity index is 520. The monoisotopic (exact) mass is 268 g/mol. The van der Waals surface area contributed by atoms with Crippen LogP contribution in [0.25, 0.3) is 0 Å². The van der Waals surface area contributed by atoms with Gasteiger partial charge in [-0.3, -0.25) is 4.79 Å². The quantitative estimate of drug-likeness (QED) is 0.754. The van der Waals surface area contributed by atoms with Crippen LogP contribution >= 0.6 is 0 Å². The third kappa shape index (κ3) is 2.82. The number of rotatable bonds is 2. The van der Waals surface area contributed by atoms with Gasteiger partial charge in [-0.15, -0.1) is 0 Å². The molecule has 1 amide bonds. The molecule has 0 aromatic heterocycles. The van der Waals surface area contributed by atoms with E-state index in [-0.39, 0.29) is 30.9 Å². The molecule has 1 atom stereocenters. The number of amides is 1. The fourth-order valence-corrected chi connectivity index (χ4v) is 1.86. The number of nitrogens with zero attached hydrogens (tertiary/aromatic N) is 1. The average Bonchev–Trinajstić information content (AvgIpc) is 2.38. The number of nitrogens with two attached hydrogens (primary N) is 1. The smallest absolute Gasteiger partial charge is 0.334 e. The zero-order chi connectivity index (χ0) is 14.0. The highest BCUT2D eigenvalue weighted by molar-refractivity contribution is 5.95. The highest BCUT2D eigenvalue weighted by atomic mass is 19.1. The van der Waals surface area contributed by atoms with E-state index in [2.05, 4.69) is 0 Å². The molecule has 1 unspecified atom stereocenters. The molecule has 0 saturated carbocycles. The van der Waals surface area contributed by atoms with Gasteiger partial charge >= 0.3 is 5.97 Å². The van der Waals surface area contributed by atoms with Gasteiger partial charge in [-0.25, -0.2) is 9.18 Å². The number of nitrogen functional groups attached to an aromatic ring is 1. The number of hydrogen-bond acceptors (Lipinski definition) is 4. The fraction of sp³-hybridized carbons (Fsp3) is 0.333. The van der Waals surface area contributed by atoms with Crippen molar-refractivity contribution in [3.05, 3.63) is 29.6 Å². The summed E-state index contributed by atoms with van der Waals surface area (Å²) in [6.45, 7) is 0.240. The number of aliphatic carboxylic acids is 1. The molecule has 6 nitrogen and oxygen atoms in total. The first-order chi connectivity index (χ1) is 8.99. The summed E-state index contributed by atoms with van der Waals surface area (Å²) in [5, 5.41) is 8.85. The van der Waals surface area contributed by atoms with Crippen LogP contribution in [0.4, 0.5) is 10.1 Å². The summed E-state index contributed by atoms with van der Waals surface area (Å²) >= 11 is 0. The predicted molar refractivity (Wildman–Crippen MR) is 64.1 cm³/mol. The Kier molecular flexibility index (Phi) is 3.66. The second kappa shape index (κ2) is 5.23. The summed E-state index contributed by atoms with van der Waals surface area (Å²) in [6, 6.07) is 3.77. The number of anilines is 1. The molecule has 102 valence electrons. The Morgan fingerprint density at radius 2 is 2.21 bits per heavy atom. The predicted octanol–water partition coefficient (Wildman–Crippen LogP) is 0.333. The van der Waals surface area contributed by atoms with Gasteiger partial charge in [-0.2, -0.15) is 0 Å². The summed E-state index contributed by atoms with van der Waals surface area (Å²) in [7, 11) is 0. The van der Waals surface area contributed by atoms with E-state index in [0.717, 1.165) is 6.07 Å². The number of carbonyl (C=O) groups excluding carboxylic acids is 1. The summed E-state index contributed by atoms with van der Waals surface area (Å²) < 4.78 is 18.6. The number of morpholine rings is 1. The molecule has 1 aromatic carbocycles. The van der Waals surface area contributed by atoms with Gasteiger partial charge in [-0.1, -0.05) is 0 Å². The molecule has 1 aromatic rings. The van der Waals surface area contributed by atoms with Crippen LogP contribution in [0.3, 0.4) is 0 Å². The second-order valence-electron chi connectivity index (χ2n) is 4.19. The molecular weight excluding hydrogens is 255 g/mol. The van der Waals surface area contributed by atoms with Gasteiger partial charge in [0, 0.05) is 12.2 Å². The first kappa shape index (κ1) is 13.3. The molecule has 2 rings (SSSR count). The van der Waals surface area contributed by atoms with Crippen molar-refractivity contribution in [2.45, 2.75) is 6.10 Å².